The van der Waals surface area contributed by atoms with Crippen LogP contribution in [-0.4, -0.2) is 32.0 Å². The van der Waals surface area contributed by atoms with Gasteiger partial charge in [0.2, 0.25) is 5.91 Å². The Balaban J connectivity index is 1.84. The Morgan fingerprint density at radius 3 is 2.35 bits per heavy atom. The molecule has 0 unspecified atom stereocenters. The minimum absolute atomic E-state index is 0.0161. The molecule has 0 heterocycles. The Kier molecular flexibility index (Phi) is 8.15. The SMILES string of the molecule is CCOc1ccc(CNC(=O)CSc2ccc(OC)cc2)cc1OCC. The molecule has 26 heavy (non-hydrogen) atoms. The lowest BCUT2D eigenvalue weighted by atomic mass is 10.2. The third-order valence-corrected chi connectivity index (χ3v) is 4.54. The van der Waals surface area contributed by atoms with Crippen molar-refractivity contribution in [2.24, 2.45) is 0 Å². The maximum atomic E-state index is 12.1. The van der Waals surface area contributed by atoms with E-state index in [0.29, 0.717) is 31.3 Å². The van der Waals surface area contributed by atoms with E-state index in [4.69, 9.17) is 14.2 Å². The molecule has 6 heteroatoms. The minimum atomic E-state index is -0.0161. The van der Waals surface area contributed by atoms with E-state index in [1.807, 2.05) is 56.3 Å². The van der Waals surface area contributed by atoms with Gasteiger partial charge in [-0.1, -0.05) is 6.07 Å². The van der Waals surface area contributed by atoms with Gasteiger partial charge in [-0.3, -0.25) is 4.79 Å². The minimum Gasteiger partial charge on any atom is -0.497 e. The summed E-state index contributed by atoms with van der Waals surface area (Å²) in [6.45, 7) is 5.46. The molecule has 0 aliphatic carbocycles. The zero-order chi connectivity index (χ0) is 18.8. The fourth-order valence-electron chi connectivity index (χ4n) is 2.28. The largest absolute Gasteiger partial charge is 0.497 e. The molecule has 0 bridgehead atoms. The highest BCUT2D eigenvalue weighted by atomic mass is 32.2. The summed E-state index contributed by atoms with van der Waals surface area (Å²) in [5, 5.41) is 2.93. The number of hydrogen-bond donors (Lipinski definition) is 1. The Morgan fingerprint density at radius 2 is 1.69 bits per heavy atom. The first-order chi connectivity index (χ1) is 12.7. The number of carbonyl (C=O) groups excluding carboxylic acids is 1. The standard InChI is InChI=1S/C20H25NO4S/c1-4-24-18-11-6-15(12-19(18)25-5-2)13-21-20(22)14-26-17-9-7-16(23-3)8-10-17/h6-12H,4-5,13-14H2,1-3H3,(H,21,22). The van der Waals surface area contributed by atoms with Crippen LogP contribution >= 0.6 is 11.8 Å². The van der Waals surface area contributed by atoms with E-state index in [1.165, 1.54) is 11.8 Å². The second-order valence-corrected chi connectivity index (χ2v) is 6.44. The third-order valence-electron chi connectivity index (χ3n) is 3.53. The van der Waals surface area contributed by atoms with Crippen molar-refractivity contribution in [3.05, 3.63) is 48.0 Å². The van der Waals surface area contributed by atoms with Crippen LogP contribution in [0.2, 0.25) is 0 Å². The number of rotatable bonds is 10. The van der Waals surface area contributed by atoms with Gasteiger partial charge < -0.3 is 19.5 Å². The highest BCUT2D eigenvalue weighted by Gasteiger charge is 2.08. The predicted octanol–water partition coefficient (Wildman–Crippen LogP) is 3.90. The molecular formula is C20H25NO4S. The summed E-state index contributed by atoms with van der Waals surface area (Å²) >= 11 is 1.49. The van der Waals surface area contributed by atoms with Gasteiger partial charge in [0.15, 0.2) is 11.5 Å². The summed E-state index contributed by atoms with van der Waals surface area (Å²) in [6.07, 6.45) is 0. The average Bonchev–Trinajstić information content (AvgIpc) is 2.67. The molecule has 0 aliphatic heterocycles. The van der Waals surface area contributed by atoms with Gasteiger partial charge in [0.25, 0.3) is 0 Å². The third kappa shape index (κ3) is 6.19. The van der Waals surface area contributed by atoms with Gasteiger partial charge in [0, 0.05) is 11.4 Å². The molecule has 0 fully saturated rings. The van der Waals surface area contributed by atoms with E-state index in [-0.39, 0.29) is 5.91 Å². The quantitative estimate of drug-likeness (QED) is 0.638. The van der Waals surface area contributed by atoms with Gasteiger partial charge in [-0.15, -0.1) is 11.8 Å². The fourth-order valence-corrected chi connectivity index (χ4v) is 3.01. The number of benzene rings is 2. The smallest absolute Gasteiger partial charge is 0.230 e. The fraction of sp³-hybridized carbons (Fsp3) is 0.350. The summed E-state index contributed by atoms with van der Waals surface area (Å²) in [7, 11) is 1.63. The van der Waals surface area contributed by atoms with Gasteiger partial charge in [0.1, 0.15) is 5.75 Å². The van der Waals surface area contributed by atoms with Crippen molar-refractivity contribution >= 4 is 17.7 Å². The van der Waals surface area contributed by atoms with Crippen molar-refractivity contribution in [3.8, 4) is 17.2 Å². The molecule has 0 aromatic heterocycles. The van der Waals surface area contributed by atoms with Gasteiger partial charge in [0.05, 0.1) is 26.1 Å². The first-order valence-electron chi connectivity index (χ1n) is 8.58. The van der Waals surface area contributed by atoms with Crippen molar-refractivity contribution in [2.75, 3.05) is 26.1 Å². The molecule has 2 rings (SSSR count). The van der Waals surface area contributed by atoms with Gasteiger partial charge >= 0.3 is 0 Å². The number of hydrogen-bond acceptors (Lipinski definition) is 5. The molecule has 0 spiro atoms. The summed E-state index contributed by atoms with van der Waals surface area (Å²) in [4.78, 5) is 13.1. The predicted molar refractivity (Wildman–Crippen MR) is 104 cm³/mol. The molecule has 1 amide bonds. The molecule has 0 radical (unpaired) electrons. The van der Waals surface area contributed by atoms with E-state index < -0.39 is 0 Å². The van der Waals surface area contributed by atoms with Crippen LogP contribution in [0.1, 0.15) is 19.4 Å². The summed E-state index contributed by atoms with van der Waals surface area (Å²) < 4.78 is 16.3. The number of thioether (sulfide) groups is 1. The molecule has 1 N–H and O–H groups in total. The molecule has 0 atom stereocenters. The van der Waals surface area contributed by atoms with Crippen LogP contribution in [0.15, 0.2) is 47.4 Å². The Hall–Kier alpha value is -2.34. The van der Waals surface area contributed by atoms with Crippen molar-refractivity contribution < 1.29 is 19.0 Å². The Bertz CT molecular complexity index is 703. The molecule has 0 saturated heterocycles. The van der Waals surface area contributed by atoms with E-state index in [9.17, 15) is 4.79 Å². The van der Waals surface area contributed by atoms with Gasteiger partial charge in [-0.25, -0.2) is 0 Å². The lowest BCUT2D eigenvalue weighted by Gasteiger charge is -2.13. The highest BCUT2D eigenvalue weighted by molar-refractivity contribution is 8.00. The molecule has 5 nitrogen and oxygen atoms in total. The second-order valence-electron chi connectivity index (χ2n) is 5.39. The molecular weight excluding hydrogens is 350 g/mol. The number of ether oxygens (including phenoxy) is 3. The van der Waals surface area contributed by atoms with Gasteiger partial charge in [-0.05, 0) is 55.8 Å². The Labute approximate surface area is 159 Å². The average molecular weight is 375 g/mol. The Morgan fingerprint density at radius 1 is 1.00 bits per heavy atom. The monoisotopic (exact) mass is 375 g/mol. The first kappa shape index (κ1) is 20.0. The van der Waals surface area contributed by atoms with Gasteiger partial charge in [-0.2, -0.15) is 0 Å². The maximum absolute atomic E-state index is 12.1. The second kappa shape index (κ2) is 10.6. The number of carbonyl (C=O) groups is 1. The van der Waals surface area contributed by atoms with E-state index in [1.54, 1.807) is 7.11 Å². The van der Waals surface area contributed by atoms with Crippen molar-refractivity contribution in [2.45, 2.75) is 25.3 Å². The van der Waals surface area contributed by atoms with Crippen molar-refractivity contribution in [3.63, 3.8) is 0 Å². The van der Waals surface area contributed by atoms with Crippen molar-refractivity contribution in [1.29, 1.82) is 0 Å². The maximum Gasteiger partial charge on any atom is 0.230 e. The van der Waals surface area contributed by atoms with Crippen molar-refractivity contribution in [1.82, 2.24) is 5.32 Å². The van der Waals surface area contributed by atoms with E-state index in [2.05, 4.69) is 5.32 Å². The number of methoxy groups -OCH3 is 1. The summed E-state index contributed by atoms with van der Waals surface area (Å²) in [6, 6.07) is 13.4. The molecule has 2 aromatic carbocycles. The van der Waals surface area contributed by atoms with Crippen LogP contribution < -0.4 is 19.5 Å². The van der Waals surface area contributed by atoms with Crippen LogP contribution in [0.4, 0.5) is 0 Å². The van der Waals surface area contributed by atoms with E-state index in [0.717, 1.165) is 22.0 Å². The van der Waals surface area contributed by atoms with E-state index >= 15 is 0 Å². The molecule has 140 valence electrons. The molecule has 0 aliphatic rings. The number of amides is 1. The van der Waals surface area contributed by atoms with Crippen LogP contribution in [0.5, 0.6) is 17.2 Å². The normalized spacial score (nSPS) is 10.3. The van der Waals surface area contributed by atoms with Crippen LogP contribution in [-0.2, 0) is 11.3 Å². The summed E-state index contributed by atoms with van der Waals surface area (Å²) in [5.74, 6) is 2.58. The zero-order valence-corrected chi connectivity index (χ0v) is 16.2. The first-order valence-corrected chi connectivity index (χ1v) is 9.56. The topological polar surface area (TPSA) is 56.8 Å². The van der Waals surface area contributed by atoms with Crippen LogP contribution in [0.25, 0.3) is 0 Å². The lowest BCUT2D eigenvalue weighted by Crippen LogP contribution is -2.24. The highest BCUT2D eigenvalue weighted by Crippen LogP contribution is 2.28. The lowest BCUT2D eigenvalue weighted by molar-refractivity contribution is -0.118. The van der Waals surface area contributed by atoms with Crippen LogP contribution in [0, 0.1) is 0 Å². The zero-order valence-electron chi connectivity index (χ0n) is 15.4. The molecule has 0 saturated carbocycles. The number of nitrogens with one attached hydrogen (secondary N) is 1. The van der Waals surface area contributed by atoms with Crippen LogP contribution in [0.3, 0.4) is 0 Å². The molecule has 2 aromatic rings. The summed E-state index contributed by atoms with van der Waals surface area (Å²) in [5.41, 5.74) is 0.972.